The third-order valence-corrected chi connectivity index (χ3v) is 4.35. The Labute approximate surface area is 110 Å². The van der Waals surface area contributed by atoms with Crippen LogP contribution in [0.15, 0.2) is 21.4 Å². The first kappa shape index (κ1) is 12.5. The van der Waals surface area contributed by atoms with Crippen molar-refractivity contribution in [3.63, 3.8) is 0 Å². The second-order valence-electron chi connectivity index (χ2n) is 3.28. The second-order valence-corrected chi connectivity index (χ2v) is 6.44. The minimum Gasteiger partial charge on any atom is -0.306 e. The summed E-state index contributed by atoms with van der Waals surface area (Å²) in [5, 5.41) is -0.541. The summed E-state index contributed by atoms with van der Waals surface area (Å²) in [6.45, 7) is 0. The highest BCUT2D eigenvalue weighted by Crippen LogP contribution is 2.27. The standard InChI is InChI=1S/C8H7BrClN3O3S/c9-4-1-6-7(12-8(14)11-6)2-5(4)13-17(15,16)3-10/h1-2,13H,3H2,(H2,11,12,14). The minimum atomic E-state index is -3.57. The molecule has 0 saturated heterocycles. The van der Waals surface area contributed by atoms with Crippen LogP contribution >= 0.6 is 27.5 Å². The molecule has 1 heterocycles. The molecule has 92 valence electrons. The summed E-state index contributed by atoms with van der Waals surface area (Å²) in [7, 11) is -3.57. The molecule has 0 fully saturated rings. The molecule has 0 bridgehead atoms. The Kier molecular flexibility index (Phi) is 3.19. The molecule has 9 heteroatoms. The summed E-state index contributed by atoms with van der Waals surface area (Å²) in [6.07, 6.45) is 0. The van der Waals surface area contributed by atoms with Gasteiger partial charge < -0.3 is 9.97 Å². The number of rotatable bonds is 3. The van der Waals surface area contributed by atoms with E-state index >= 15 is 0 Å². The third kappa shape index (κ3) is 2.64. The van der Waals surface area contributed by atoms with Crippen LogP contribution < -0.4 is 10.4 Å². The number of imidazole rings is 1. The average molecular weight is 341 g/mol. The van der Waals surface area contributed by atoms with Crippen molar-refractivity contribution in [1.82, 2.24) is 9.97 Å². The zero-order valence-electron chi connectivity index (χ0n) is 8.25. The Bertz CT molecular complexity index is 721. The first-order chi connectivity index (χ1) is 7.91. The van der Waals surface area contributed by atoms with Gasteiger partial charge in [0.2, 0.25) is 10.0 Å². The van der Waals surface area contributed by atoms with E-state index in [1.807, 2.05) is 0 Å². The van der Waals surface area contributed by atoms with Crippen LogP contribution in [-0.4, -0.2) is 23.6 Å². The Balaban J connectivity index is 2.54. The summed E-state index contributed by atoms with van der Waals surface area (Å²) in [5.41, 5.74) is 1.04. The number of nitrogens with one attached hydrogen (secondary N) is 3. The Morgan fingerprint density at radius 3 is 2.47 bits per heavy atom. The summed E-state index contributed by atoms with van der Waals surface area (Å²) < 4.78 is 25.4. The highest BCUT2D eigenvalue weighted by Gasteiger charge is 2.12. The number of aromatic nitrogens is 2. The number of sulfonamides is 1. The van der Waals surface area contributed by atoms with E-state index in [1.54, 1.807) is 6.07 Å². The molecule has 0 radical (unpaired) electrons. The van der Waals surface area contributed by atoms with E-state index < -0.39 is 15.2 Å². The molecule has 2 aromatic rings. The van der Waals surface area contributed by atoms with Crippen LogP contribution in [-0.2, 0) is 10.0 Å². The SMILES string of the molecule is O=c1[nH]c2cc(Br)c(NS(=O)(=O)CCl)cc2[nH]1. The largest absolute Gasteiger partial charge is 0.323 e. The van der Waals surface area contributed by atoms with Gasteiger partial charge in [-0.05, 0) is 28.1 Å². The van der Waals surface area contributed by atoms with Gasteiger partial charge in [-0.15, -0.1) is 11.6 Å². The number of hydrogen-bond donors (Lipinski definition) is 3. The molecule has 0 aliphatic carbocycles. The van der Waals surface area contributed by atoms with Gasteiger partial charge >= 0.3 is 5.69 Å². The van der Waals surface area contributed by atoms with Gasteiger partial charge in [-0.2, -0.15) is 0 Å². The number of alkyl halides is 1. The predicted octanol–water partition coefficient (Wildman–Crippen LogP) is 1.56. The smallest absolute Gasteiger partial charge is 0.306 e. The molecule has 0 unspecified atom stereocenters. The molecule has 17 heavy (non-hydrogen) atoms. The number of hydrogen-bond acceptors (Lipinski definition) is 3. The van der Waals surface area contributed by atoms with Gasteiger partial charge in [0.15, 0.2) is 0 Å². The van der Waals surface area contributed by atoms with Crippen LogP contribution in [0.25, 0.3) is 11.0 Å². The number of halogens is 2. The van der Waals surface area contributed by atoms with Crippen molar-refractivity contribution in [2.75, 3.05) is 9.93 Å². The maximum atomic E-state index is 11.3. The van der Waals surface area contributed by atoms with Crippen molar-refractivity contribution in [2.24, 2.45) is 0 Å². The molecule has 0 atom stereocenters. The van der Waals surface area contributed by atoms with Gasteiger partial charge in [-0.3, -0.25) is 4.72 Å². The summed E-state index contributed by atoms with van der Waals surface area (Å²) in [6, 6.07) is 3.10. The molecule has 0 spiro atoms. The van der Waals surface area contributed by atoms with E-state index in [2.05, 4.69) is 30.6 Å². The topological polar surface area (TPSA) is 94.8 Å². The van der Waals surface area contributed by atoms with E-state index in [4.69, 9.17) is 11.6 Å². The van der Waals surface area contributed by atoms with Crippen molar-refractivity contribution in [3.05, 3.63) is 27.1 Å². The monoisotopic (exact) mass is 339 g/mol. The number of fused-ring (bicyclic) bond motifs is 1. The fourth-order valence-electron chi connectivity index (χ4n) is 1.33. The van der Waals surface area contributed by atoms with Crippen LogP contribution in [0.5, 0.6) is 0 Å². The lowest BCUT2D eigenvalue weighted by Crippen LogP contribution is -2.13. The van der Waals surface area contributed by atoms with Crippen LogP contribution in [0.4, 0.5) is 5.69 Å². The van der Waals surface area contributed by atoms with E-state index in [-0.39, 0.29) is 5.69 Å². The van der Waals surface area contributed by atoms with E-state index in [1.165, 1.54) is 6.07 Å². The first-order valence-electron chi connectivity index (χ1n) is 4.39. The molecule has 6 nitrogen and oxygen atoms in total. The Morgan fingerprint density at radius 2 is 1.88 bits per heavy atom. The van der Waals surface area contributed by atoms with Crippen molar-refractivity contribution in [3.8, 4) is 0 Å². The summed E-state index contributed by atoms with van der Waals surface area (Å²) in [5.74, 6) is 0. The maximum absolute atomic E-state index is 11.3. The molecule has 0 aliphatic rings. The zero-order chi connectivity index (χ0) is 12.6. The normalized spacial score (nSPS) is 11.9. The van der Waals surface area contributed by atoms with Crippen molar-refractivity contribution in [2.45, 2.75) is 0 Å². The minimum absolute atomic E-state index is 0.313. The molecule has 1 aromatic carbocycles. The Hall–Kier alpha value is -0.990. The fraction of sp³-hybridized carbons (Fsp3) is 0.125. The zero-order valence-corrected chi connectivity index (χ0v) is 11.4. The first-order valence-corrected chi connectivity index (χ1v) is 7.37. The molecular formula is C8H7BrClN3O3S. The third-order valence-electron chi connectivity index (χ3n) is 2.01. The number of anilines is 1. The van der Waals surface area contributed by atoms with Gasteiger partial charge in [0.25, 0.3) is 0 Å². The quantitative estimate of drug-likeness (QED) is 0.740. The maximum Gasteiger partial charge on any atom is 0.323 e. The van der Waals surface area contributed by atoms with Crippen molar-refractivity contribution < 1.29 is 8.42 Å². The van der Waals surface area contributed by atoms with Crippen LogP contribution in [0, 0.1) is 0 Å². The molecular weight excluding hydrogens is 334 g/mol. The highest BCUT2D eigenvalue weighted by molar-refractivity contribution is 9.10. The summed E-state index contributed by atoms with van der Waals surface area (Å²) in [4.78, 5) is 16.2. The van der Waals surface area contributed by atoms with Crippen molar-refractivity contribution >= 4 is 54.3 Å². The number of benzene rings is 1. The summed E-state index contributed by atoms with van der Waals surface area (Å²) >= 11 is 8.49. The second kappa shape index (κ2) is 4.35. The lowest BCUT2D eigenvalue weighted by Gasteiger charge is -2.07. The van der Waals surface area contributed by atoms with Crippen LogP contribution in [0.3, 0.4) is 0 Å². The fourth-order valence-corrected chi connectivity index (χ4v) is 2.62. The van der Waals surface area contributed by atoms with E-state index in [0.29, 0.717) is 21.2 Å². The molecule has 1 aromatic heterocycles. The molecule has 0 amide bonds. The molecule has 3 N–H and O–H groups in total. The molecule has 0 aliphatic heterocycles. The number of aromatic amines is 2. The Morgan fingerprint density at radius 1 is 1.29 bits per heavy atom. The van der Waals surface area contributed by atoms with Crippen LogP contribution in [0.1, 0.15) is 0 Å². The van der Waals surface area contributed by atoms with E-state index in [0.717, 1.165) is 0 Å². The van der Waals surface area contributed by atoms with Crippen LogP contribution in [0.2, 0.25) is 0 Å². The van der Waals surface area contributed by atoms with Gasteiger partial charge in [0.05, 0.1) is 16.7 Å². The lowest BCUT2D eigenvalue weighted by molar-refractivity contribution is 0.605. The van der Waals surface area contributed by atoms with Gasteiger partial charge in [0, 0.05) is 4.47 Å². The molecule has 0 saturated carbocycles. The predicted molar refractivity (Wildman–Crippen MR) is 69.9 cm³/mol. The van der Waals surface area contributed by atoms with Crippen molar-refractivity contribution in [1.29, 1.82) is 0 Å². The average Bonchev–Trinajstić information content (AvgIpc) is 2.58. The van der Waals surface area contributed by atoms with Gasteiger partial charge in [-0.25, -0.2) is 13.2 Å². The number of H-pyrrole nitrogens is 2. The van der Waals surface area contributed by atoms with E-state index in [9.17, 15) is 13.2 Å². The van der Waals surface area contributed by atoms with Gasteiger partial charge in [-0.1, -0.05) is 0 Å². The van der Waals surface area contributed by atoms with Gasteiger partial charge in [0.1, 0.15) is 5.21 Å². The lowest BCUT2D eigenvalue weighted by atomic mass is 10.3. The molecule has 2 rings (SSSR count). The highest BCUT2D eigenvalue weighted by atomic mass is 79.9.